The van der Waals surface area contributed by atoms with Gasteiger partial charge in [0, 0.05) is 15.7 Å². The molecule has 1 atom stereocenters. The lowest BCUT2D eigenvalue weighted by atomic mass is 10.2. The van der Waals surface area contributed by atoms with Gasteiger partial charge in [-0.2, -0.15) is 0 Å². The number of carbonyl (C=O) groups is 1. The Bertz CT molecular complexity index is 872. The van der Waals surface area contributed by atoms with Gasteiger partial charge in [-0.05, 0) is 42.8 Å². The number of carbonyl (C=O) groups excluding carboxylic acids is 1. The molecule has 0 saturated carbocycles. The summed E-state index contributed by atoms with van der Waals surface area (Å²) < 4.78 is 25.8. The second-order valence-electron chi connectivity index (χ2n) is 5.46. The smallest absolute Gasteiger partial charge is 0.248 e. The maximum absolute atomic E-state index is 12.7. The zero-order valence-electron chi connectivity index (χ0n) is 13.7. The normalized spacial score (nSPS) is 12.5. The molecule has 0 fully saturated rings. The number of anilines is 2. The minimum absolute atomic E-state index is 0.284. The largest absolute Gasteiger partial charge is 0.324 e. The molecule has 2 aromatic carbocycles. The Hall–Kier alpha value is -1.76. The molecular formula is C17H18Cl2N2O3S. The fourth-order valence-electron chi connectivity index (χ4n) is 2.47. The Kier molecular flexibility index (Phi) is 6.32. The van der Waals surface area contributed by atoms with Crippen molar-refractivity contribution in [2.24, 2.45) is 0 Å². The molecule has 2 rings (SSSR count). The molecule has 8 heteroatoms. The topological polar surface area (TPSA) is 66.5 Å². The van der Waals surface area contributed by atoms with Crippen LogP contribution in [-0.4, -0.2) is 26.6 Å². The lowest BCUT2D eigenvalue weighted by molar-refractivity contribution is -0.117. The van der Waals surface area contributed by atoms with Crippen molar-refractivity contribution in [3.8, 4) is 0 Å². The first-order valence-electron chi connectivity index (χ1n) is 7.53. The molecule has 134 valence electrons. The number of benzene rings is 2. The van der Waals surface area contributed by atoms with Gasteiger partial charge >= 0.3 is 0 Å². The van der Waals surface area contributed by atoms with E-state index in [1.807, 2.05) is 0 Å². The first kappa shape index (κ1) is 19.6. The lowest BCUT2D eigenvalue weighted by Crippen LogP contribution is -2.47. The number of nitrogens with zero attached hydrogens (tertiary/aromatic N) is 1. The van der Waals surface area contributed by atoms with Gasteiger partial charge in [0.1, 0.15) is 6.04 Å². The Morgan fingerprint density at radius 3 is 2.24 bits per heavy atom. The van der Waals surface area contributed by atoms with E-state index in [4.69, 9.17) is 23.2 Å². The summed E-state index contributed by atoms with van der Waals surface area (Å²) in [5.41, 5.74) is 0.832. The van der Waals surface area contributed by atoms with Crippen molar-refractivity contribution >= 4 is 50.5 Å². The summed E-state index contributed by atoms with van der Waals surface area (Å²) in [6, 6.07) is 12.1. The van der Waals surface area contributed by atoms with E-state index in [1.165, 1.54) is 6.07 Å². The van der Waals surface area contributed by atoms with Gasteiger partial charge in [-0.15, -0.1) is 0 Å². The van der Waals surface area contributed by atoms with Gasteiger partial charge in [-0.25, -0.2) is 8.42 Å². The fourth-order valence-corrected chi connectivity index (χ4v) is 4.04. The number of hydrogen-bond acceptors (Lipinski definition) is 3. The average molecular weight is 401 g/mol. The Labute approximate surface area is 157 Å². The van der Waals surface area contributed by atoms with Gasteiger partial charge < -0.3 is 5.32 Å². The summed E-state index contributed by atoms with van der Waals surface area (Å²) in [4.78, 5) is 12.7. The Balaban J connectivity index is 2.38. The molecule has 0 aliphatic carbocycles. The third kappa shape index (κ3) is 5.11. The highest BCUT2D eigenvalue weighted by Gasteiger charge is 2.31. The molecule has 0 heterocycles. The van der Waals surface area contributed by atoms with Gasteiger partial charge in [0.15, 0.2) is 0 Å². The molecule has 0 bridgehead atoms. The van der Waals surface area contributed by atoms with Gasteiger partial charge in [0.2, 0.25) is 15.9 Å². The fraction of sp³-hybridized carbons (Fsp3) is 0.235. The van der Waals surface area contributed by atoms with Gasteiger partial charge in [-0.3, -0.25) is 9.10 Å². The SMILES string of the molecule is CC[C@H](C(=O)Nc1cccc(Cl)c1)N(c1cccc(Cl)c1)S(C)(=O)=O. The molecule has 0 radical (unpaired) electrons. The molecule has 0 aliphatic rings. The third-order valence-corrected chi connectivity index (χ3v) is 5.13. The van der Waals surface area contributed by atoms with Crippen LogP contribution in [0, 0.1) is 0 Å². The van der Waals surface area contributed by atoms with Crippen LogP contribution >= 0.6 is 23.2 Å². The summed E-state index contributed by atoms with van der Waals surface area (Å²) in [5, 5.41) is 3.57. The summed E-state index contributed by atoms with van der Waals surface area (Å²) in [6.45, 7) is 1.74. The van der Waals surface area contributed by atoms with Gasteiger partial charge in [0.25, 0.3) is 0 Å². The number of sulfonamides is 1. The highest BCUT2D eigenvalue weighted by atomic mass is 35.5. The number of rotatable bonds is 6. The van der Waals surface area contributed by atoms with Crippen LogP contribution in [0.15, 0.2) is 48.5 Å². The van der Waals surface area contributed by atoms with Crippen molar-refractivity contribution in [3.05, 3.63) is 58.6 Å². The van der Waals surface area contributed by atoms with Crippen molar-refractivity contribution in [2.75, 3.05) is 15.9 Å². The zero-order chi connectivity index (χ0) is 18.6. The Morgan fingerprint density at radius 2 is 1.72 bits per heavy atom. The van der Waals surface area contributed by atoms with Crippen LogP contribution in [-0.2, 0) is 14.8 Å². The maximum Gasteiger partial charge on any atom is 0.248 e. The molecule has 0 aromatic heterocycles. The molecule has 0 saturated heterocycles. The molecule has 1 N–H and O–H groups in total. The summed E-state index contributed by atoms with van der Waals surface area (Å²) in [7, 11) is -3.70. The number of amides is 1. The Morgan fingerprint density at radius 1 is 1.12 bits per heavy atom. The van der Waals surface area contributed by atoms with Crippen LogP contribution < -0.4 is 9.62 Å². The molecule has 5 nitrogen and oxygen atoms in total. The predicted molar refractivity (Wildman–Crippen MR) is 103 cm³/mol. The first-order valence-corrected chi connectivity index (χ1v) is 10.1. The van der Waals surface area contributed by atoms with Crippen molar-refractivity contribution in [1.82, 2.24) is 0 Å². The molecule has 25 heavy (non-hydrogen) atoms. The average Bonchev–Trinajstić information content (AvgIpc) is 2.51. The van der Waals surface area contributed by atoms with Crippen molar-refractivity contribution in [2.45, 2.75) is 19.4 Å². The van der Waals surface area contributed by atoms with E-state index in [0.717, 1.165) is 10.6 Å². The predicted octanol–water partition coefficient (Wildman–Crippen LogP) is 4.18. The number of nitrogens with one attached hydrogen (secondary N) is 1. The maximum atomic E-state index is 12.7. The number of halogens is 2. The monoisotopic (exact) mass is 400 g/mol. The van der Waals surface area contributed by atoms with Crippen molar-refractivity contribution in [3.63, 3.8) is 0 Å². The van der Waals surface area contributed by atoms with Crippen LogP contribution in [0.25, 0.3) is 0 Å². The second kappa shape index (κ2) is 8.08. The van der Waals surface area contributed by atoms with E-state index in [0.29, 0.717) is 21.4 Å². The van der Waals surface area contributed by atoms with E-state index in [9.17, 15) is 13.2 Å². The zero-order valence-corrected chi connectivity index (χ0v) is 16.1. The van der Waals surface area contributed by atoms with E-state index < -0.39 is 22.0 Å². The van der Waals surface area contributed by atoms with Crippen LogP contribution in [0.4, 0.5) is 11.4 Å². The highest BCUT2D eigenvalue weighted by molar-refractivity contribution is 7.92. The molecule has 1 amide bonds. The molecule has 0 spiro atoms. The van der Waals surface area contributed by atoms with Gasteiger partial charge in [-0.1, -0.05) is 42.3 Å². The minimum atomic E-state index is -3.70. The second-order valence-corrected chi connectivity index (χ2v) is 8.19. The third-order valence-electron chi connectivity index (χ3n) is 3.48. The van der Waals surface area contributed by atoms with Crippen LogP contribution in [0.1, 0.15) is 13.3 Å². The number of hydrogen-bond donors (Lipinski definition) is 1. The highest BCUT2D eigenvalue weighted by Crippen LogP contribution is 2.26. The summed E-state index contributed by atoms with van der Waals surface area (Å²) >= 11 is 11.9. The minimum Gasteiger partial charge on any atom is -0.324 e. The van der Waals surface area contributed by atoms with E-state index in [2.05, 4.69) is 5.32 Å². The van der Waals surface area contributed by atoms with E-state index in [1.54, 1.807) is 49.4 Å². The molecular weight excluding hydrogens is 383 g/mol. The van der Waals surface area contributed by atoms with E-state index in [-0.39, 0.29) is 6.42 Å². The van der Waals surface area contributed by atoms with Gasteiger partial charge in [0.05, 0.1) is 11.9 Å². The molecule has 0 unspecified atom stereocenters. The molecule has 2 aromatic rings. The van der Waals surface area contributed by atoms with Crippen molar-refractivity contribution < 1.29 is 13.2 Å². The van der Waals surface area contributed by atoms with Crippen LogP contribution in [0.2, 0.25) is 10.0 Å². The lowest BCUT2D eigenvalue weighted by Gasteiger charge is -2.30. The van der Waals surface area contributed by atoms with Crippen LogP contribution in [0.3, 0.4) is 0 Å². The quantitative estimate of drug-likeness (QED) is 0.790. The van der Waals surface area contributed by atoms with E-state index >= 15 is 0 Å². The summed E-state index contributed by atoms with van der Waals surface area (Å²) in [5.74, 6) is -0.449. The van der Waals surface area contributed by atoms with Crippen LogP contribution in [0.5, 0.6) is 0 Å². The standard InChI is InChI=1S/C17H18Cl2N2O3S/c1-3-16(17(22)20-14-8-4-6-12(18)10-14)21(25(2,23)24)15-9-5-7-13(19)11-15/h4-11,16H,3H2,1-2H3,(H,20,22)/t16-/m1/s1. The summed E-state index contributed by atoms with van der Waals surface area (Å²) in [6.07, 6.45) is 1.34. The first-order chi connectivity index (χ1) is 11.7. The van der Waals surface area contributed by atoms with Crippen molar-refractivity contribution in [1.29, 1.82) is 0 Å². The molecule has 0 aliphatic heterocycles.